The molecule has 0 aliphatic carbocycles. The van der Waals surface area contributed by atoms with Crippen LogP contribution in [0.2, 0.25) is 0 Å². The Labute approximate surface area is 168 Å². The Morgan fingerprint density at radius 2 is 1.75 bits per heavy atom. The van der Waals surface area contributed by atoms with E-state index in [1.807, 2.05) is 17.0 Å². The number of hydrogen-bond acceptors (Lipinski definition) is 4. The number of carbonyl (C=O) groups is 1. The third-order valence-corrected chi connectivity index (χ3v) is 6.41. The summed E-state index contributed by atoms with van der Waals surface area (Å²) in [5.41, 5.74) is 2.13. The van der Waals surface area contributed by atoms with E-state index < -0.39 is 0 Å². The summed E-state index contributed by atoms with van der Waals surface area (Å²) in [7, 11) is 0. The molecule has 0 spiro atoms. The summed E-state index contributed by atoms with van der Waals surface area (Å²) < 4.78 is 5.73. The van der Waals surface area contributed by atoms with E-state index in [2.05, 4.69) is 34.2 Å². The Hall–Kier alpha value is -1.79. The van der Waals surface area contributed by atoms with Crippen molar-refractivity contribution in [2.75, 3.05) is 62.6 Å². The lowest BCUT2D eigenvalue weighted by atomic mass is 9.99. The summed E-state index contributed by atoms with van der Waals surface area (Å²) in [5.74, 6) is 0.834. The topological polar surface area (TPSA) is 48.1 Å². The van der Waals surface area contributed by atoms with E-state index in [1.54, 1.807) is 0 Å². The van der Waals surface area contributed by atoms with Crippen molar-refractivity contribution >= 4 is 17.4 Å². The van der Waals surface area contributed by atoms with Crippen LogP contribution in [0.15, 0.2) is 24.3 Å². The molecule has 154 valence electrons. The van der Waals surface area contributed by atoms with Crippen LogP contribution in [0.5, 0.6) is 0 Å². The van der Waals surface area contributed by atoms with Crippen LogP contribution in [0.4, 0.5) is 16.2 Å². The number of nitrogens with zero attached hydrogens (tertiary/aromatic N) is 3. The third kappa shape index (κ3) is 4.97. The van der Waals surface area contributed by atoms with Crippen molar-refractivity contribution in [2.45, 2.75) is 38.7 Å². The molecule has 3 saturated heterocycles. The molecular weight excluding hydrogens is 352 g/mol. The number of piperidine rings is 1. The molecule has 6 heteroatoms. The number of anilines is 2. The minimum atomic E-state index is 0.0105. The zero-order chi connectivity index (χ0) is 19.3. The number of piperazine rings is 1. The van der Waals surface area contributed by atoms with Gasteiger partial charge in [-0.05, 0) is 55.9 Å². The van der Waals surface area contributed by atoms with Gasteiger partial charge in [-0.15, -0.1) is 0 Å². The molecule has 1 aromatic carbocycles. The van der Waals surface area contributed by atoms with E-state index in [4.69, 9.17) is 4.74 Å². The van der Waals surface area contributed by atoms with Crippen molar-refractivity contribution in [2.24, 2.45) is 5.92 Å². The number of urea groups is 1. The Balaban J connectivity index is 1.22. The number of benzene rings is 1. The zero-order valence-electron chi connectivity index (χ0n) is 17.1. The number of nitrogens with one attached hydrogen (secondary N) is 1. The normalized spacial score (nSPS) is 24.5. The molecule has 0 aromatic heterocycles. The van der Waals surface area contributed by atoms with Crippen LogP contribution >= 0.6 is 0 Å². The van der Waals surface area contributed by atoms with Crippen LogP contribution in [0.25, 0.3) is 0 Å². The van der Waals surface area contributed by atoms with Gasteiger partial charge in [-0.3, -0.25) is 4.90 Å². The van der Waals surface area contributed by atoms with Crippen molar-refractivity contribution in [3.8, 4) is 0 Å². The number of ether oxygens (including phenoxy) is 1. The fourth-order valence-corrected chi connectivity index (χ4v) is 4.43. The average Bonchev–Trinajstić information content (AvgIpc) is 3.23. The number of hydrogen-bond donors (Lipinski definition) is 1. The molecular formula is C22H34N4O2. The average molecular weight is 387 g/mol. The van der Waals surface area contributed by atoms with Gasteiger partial charge in [-0.2, -0.15) is 0 Å². The van der Waals surface area contributed by atoms with Crippen LogP contribution in [-0.2, 0) is 4.74 Å². The van der Waals surface area contributed by atoms with E-state index in [0.717, 1.165) is 64.0 Å². The summed E-state index contributed by atoms with van der Waals surface area (Å²) >= 11 is 0. The fraction of sp³-hybridized carbons (Fsp3) is 0.682. The lowest BCUT2D eigenvalue weighted by Gasteiger charge is -2.35. The molecule has 1 N–H and O–H groups in total. The second-order valence-electron chi connectivity index (χ2n) is 8.57. The van der Waals surface area contributed by atoms with Crippen molar-refractivity contribution in [3.63, 3.8) is 0 Å². The summed E-state index contributed by atoms with van der Waals surface area (Å²) in [6.07, 6.45) is 5.27. The predicted octanol–water partition coefficient (Wildman–Crippen LogP) is 3.25. The van der Waals surface area contributed by atoms with Crippen LogP contribution in [-0.4, -0.2) is 74.4 Å². The highest BCUT2D eigenvalue weighted by Gasteiger charge is 2.25. The van der Waals surface area contributed by atoms with E-state index >= 15 is 0 Å². The Morgan fingerprint density at radius 1 is 1.04 bits per heavy atom. The Kier molecular flexibility index (Phi) is 6.37. The molecule has 3 heterocycles. The quantitative estimate of drug-likeness (QED) is 0.863. The molecule has 3 aliphatic heterocycles. The molecule has 3 aliphatic rings. The number of amides is 2. The van der Waals surface area contributed by atoms with Gasteiger partial charge in [0.05, 0.1) is 6.10 Å². The molecule has 0 saturated carbocycles. The zero-order valence-corrected chi connectivity index (χ0v) is 17.1. The first-order chi connectivity index (χ1) is 13.7. The standard InChI is InChI=1S/C22H34N4O2/c1-18-8-10-25(11-9-18)20-6-4-19(5-7-20)23-22(27)26-14-12-24(13-15-26)17-21-3-2-16-28-21/h4-7,18,21H,2-3,8-17H2,1H3,(H,23,27). The predicted molar refractivity (Wildman–Crippen MR) is 113 cm³/mol. The highest BCUT2D eigenvalue weighted by Crippen LogP contribution is 2.24. The van der Waals surface area contributed by atoms with Crippen molar-refractivity contribution in [1.82, 2.24) is 9.80 Å². The minimum absolute atomic E-state index is 0.0105. The van der Waals surface area contributed by atoms with Gasteiger partial charge in [0.25, 0.3) is 0 Å². The van der Waals surface area contributed by atoms with Gasteiger partial charge in [-0.1, -0.05) is 6.92 Å². The highest BCUT2D eigenvalue weighted by molar-refractivity contribution is 5.89. The molecule has 28 heavy (non-hydrogen) atoms. The monoisotopic (exact) mass is 386 g/mol. The first-order valence-electron chi connectivity index (χ1n) is 10.9. The molecule has 3 fully saturated rings. The Morgan fingerprint density at radius 3 is 2.39 bits per heavy atom. The molecule has 0 bridgehead atoms. The molecule has 1 aromatic rings. The number of rotatable bonds is 4. The maximum Gasteiger partial charge on any atom is 0.321 e. The summed E-state index contributed by atoms with van der Waals surface area (Å²) in [6.45, 7) is 9.92. The second kappa shape index (κ2) is 9.14. The SMILES string of the molecule is CC1CCN(c2ccc(NC(=O)N3CCN(CC4CCCO4)CC3)cc2)CC1. The van der Waals surface area contributed by atoms with E-state index in [-0.39, 0.29) is 6.03 Å². The lowest BCUT2D eigenvalue weighted by Crippen LogP contribution is -2.51. The van der Waals surface area contributed by atoms with Gasteiger partial charge in [0.1, 0.15) is 0 Å². The van der Waals surface area contributed by atoms with Gasteiger partial charge in [0, 0.05) is 63.8 Å². The van der Waals surface area contributed by atoms with Crippen molar-refractivity contribution in [1.29, 1.82) is 0 Å². The molecule has 1 atom stereocenters. The third-order valence-electron chi connectivity index (χ3n) is 6.41. The van der Waals surface area contributed by atoms with Crippen molar-refractivity contribution in [3.05, 3.63) is 24.3 Å². The van der Waals surface area contributed by atoms with Crippen LogP contribution in [0.3, 0.4) is 0 Å². The summed E-state index contributed by atoms with van der Waals surface area (Å²) in [4.78, 5) is 19.4. The minimum Gasteiger partial charge on any atom is -0.377 e. The van der Waals surface area contributed by atoms with E-state index in [9.17, 15) is 4.79 Å². The van der Waals surface area contributed by atoms with E-state index in [1.165, 1.54) is 31.4 Å². The van der Waals surface area contributed by atoms with Gasteiger partial charge >= 0.3 is 6.03 Å². The van der Waals surface area contributed by atoms with Crippen molar-refractivity contribution < 1.29 is 9.53 Å². The molecule has 0 radical (unpaired) electrons. The molecule has 6 nitrogen and oxygen atoms in total. The maximum atomic E-state index is 12.6. The van der Waals surface area contributed by atoms with Gasteiger partial charge < -0.3 is 19.9 Å². The van der Waals surface area contributed by atoms with Crippen LogP contribution in [0, 0.1) is 5.92 Å². The van der Waals surface area contributed by atoms with Gasteiger partial charge in [0.2, 0.25) is 0 Å². The first-order valence-corrected chi connectivity index (χ1v) is 10.9. The Bertz CT molecular complexity index is 628. The van der Waals surface area contributed by atoms with E-state index in [0.29, 0.717) is 6.10 Å². The lowest BCUT2D eigenvalue weighted by molar-refractivity contribution is 0.0572. The number of carbonyl (C=O) groups excluding carboxylic acids is 1. The molecule has 1 unspecified atom stereocenters. The summed E-state index contributed by atoms with van der Waals surface area (Å²) in [5, 5.41) is 3.06. The van der Waals surface area contributed by atoms with Gasteiger partial charge in [0.15, 0.2) is 0 Å². The van der Waals surface area contributed by atoms with Gasteiger partial charge in [-0.25, -0.2) is 4.79 Å². The fourth-order valence-electron chi connectivity index (χ4n) is 4.43. The molecule has 2 amide bonds. The van der Waals surface area contributed by atoms with Crippen LogP contribution in [0.1, 0.15) is 32.6 Å². The maximum absolute atomic E-state index is 12.6. The first kappa shape index (κ1) is 19.5. The smallest absolute Gasteiger partial charge is 0.321 e. The second-order valence-corrected chi connectivity index (χ2v) is 8.57. The van der Waals surface area contributed by atoms with Crippen LogP contribution < -0.4 is 10.2 Å². The largest absolute Gasteiger partial charge is 0.377 e. The molecule has 4 rings (SSSR count). The summed E-state index contributed by atoms with van der Waals surface area (Å²) in [6, 6.07) is 8.32. The highest BCUT2D eigenvalue weighted by atomic mass is 16.5.